The smallest absolute Gasteiger partial charge is 0.339 e. The Bertz CT molecular complexity index is 667. The molecule has 102 valence electrons. The van der Waals surface area contributed by atoms with Gasteiger partial charge in [0.1, 0.15) is 5.56 Å². The summed E-state index contributed by atoms with van der Waals surface area (Å²) in [6.45, 7) is 2.71. The predicted octanol–water partition coefficient (Wildman–Crippen LogP) is 3.17. The zero-order chi connectivity index (χ0) is 14.1. The van der Waals surface area contributed by atoms with Gasteiger partial charge in [0.25, 0.3) is 0 Å². The molecule has 1 N–H and O–H groups in total. The van der Waals surface area contributed by atoms with Gasteiger partial charge in [0.2, 0.25) is 0 Å². The highest BCUT2D eigenvalue weighted by Gasteiger charge is 2.22. The predicted molar refractivity (Wildman–Crippen MR) is 77.7 cm³/mol. The van der Waals surface area contributed by atoms with Gasteiger partial charge in [-0.2, -0.15) is 0 Å². The summed E-state index contributed by atoms with van der Waals surface area (Å²) in [5.74, 6) is -0.935. The molecule has 4 nitrogen and oxygen atoms in total. The molecule has 1 aliphatic rings. The number of nitrogens with zero attached hydrogens (tertiary/aromatic N) is 2. The van der Waals surface area contributed by atoms with Crippen LogP contribution in [0.2, 0.25) is 0 Å². The van der Waals surface area contributed by atoms with Gasteiger partial charge >= 0.3 is 5.97 Å². The van der Waals surface area contributed by atoms with Crippen LogP contribution < -0.4 is 4.90 Å². The van der Waals surface area contributed by atoms with Crippen LogP contribution in [0.25, 0.3) is 0 Å². The summed E-state index contributed by atoms with van der Waals surface area (Å²) in [5, 5.41) is 9.37. The van der Waals surface area contributed by atoms with Crippen molar-refractivity contribution in [3.63, 3.8) is 0 Å². The van der Waals surface area contributed by atoms with Crippen LogP contribution in [0.4, 0.5) is 11.4 Å². The topological polar surface area (TPSA) is 53.4 Å². The van der Waals surface area contributed by atoms with Crippen LogP contribution in [0.15, 0.2) is 36.5 Å². The SMILES string of the molecule is Cc1cc(N2CCCc3ccccc32)c(C(=O)O)cn1. The summed E-state index contributed by atoms with van der Waals surface area (Å²) < 4.78 is 0. The quantitative estimate of drug-likeness (QED) is 0.909. The minimum atomic E-state index is -0.935. The van der Waals surface area contributed by atoms with Crippen molar-refractivity contribution in [3.05, 3.63) is 53.3 Å². The fourth-order valence-corrected chi connectivity index (χ4v) is 2.72. The number of aryl methyl sites for hydroxylation is 2. The largest absolute Gasteiger partial charge is 0.478 e. The first-order valence-electron chi connectivity index (χ1n) is 6.72. The number of rotatable bonds is 2. The number of hydrogen-bond acceptors (Lipinski definition) is 3. The van der Waals surface area contributed by atoms with Crippen molar-refractivity contribution in [2.75, 3.05) is 11.4 Å². The number of carboxylic acid groups (broad SMARTS) is 1. The Morgan fingerprint density at radius 1 is 1.30 bits per heavy atom. The van der Waals surface area contributed by atoms with Crippen molar-refractivity contribution in [1.82, 2.24) is 4.98 Å². The van der Waals surface area contributed by atoms with Gasteiger partial charge in [0.05, 0.1) is 5.69 Å². The number of fused-ring (bicyclic) bond motifs is 1. The molecule has 0 atom stereocenters. The van der Waals surface area contributed by atoms with Crippen molar-refractivity contribution >= 4 is 17.3 Å². The number of carbonyl (C=O) groups is 1. The summed E-state index contributed by atoms with van der Waals surface area (Å²) in [6, 6.07) is 10.0. The van der Waals surface area contributed by atoms with Crippen molar-refractivity contribution in [2.45, 2.75) is 19.8 Å². The standard InChI is InChI=1S/C16H16N2O2/c1-11-9-15(13(10-17-11)16(19)20)18-8-4-6-12-5-2-3-7-14(12)18/h2-3,5,7,9-10H,4,6,8H2,1H3,(H,19,20). The van der Waals surface area contributed by atoms with E-state index >= 15 is 0 Å². The monoisotopic (exact) mass is 268 g/mol. The molecule has 4 heteroatoms. The molecule has 0 saturated carbocycles. The number of aromatic nitrogens is 1. The Morgan fingerprint density at radius 2 is 2.10 bits per heavy atom. The molecule has 0 unspecified atom stereocenters. The molecule has 2 aromatic rings. The number of carboxylic acids is 1. The molecule has 0 bridgehead atoms. The molecule has 3 rings (SSSR count). The number of pyridine rings is 1. The normalized spacial score (nSPS) is 13.9. The van der Waals surface area contributed by atoms with Gasteiger partial charge in [-0.1, -0.05) is 18.2 Å². The van der Waals surface area contributed by atoms with E-state index in [-0.39, 0.29) is 5.56 Å². The number of aromatic carboxylic acids is 1. The minimum Gasteiger partial charge on any atom is -0.478 e. The summed E-state index contributed by atoms with van der Waals surface area (Å²) in [6.07, 6.45) is 3.51. The van der Waals surface area contributed by atoms with Crippen LogP contribution in [0, 0.1) is 6.92 Å². The molecule has 20 heavy (non-hydrogen) atoms. The summed E-state index contributed by atoms with van der Waals surface area (Å²) >= 11 is 0. The van der Waals surface area contributed by atoms with Gasteiger partial charge in [0, 0.05) is 24.1 Å². The second kappa shape index (κ2) is 4.96. The lowest BCUT2D eigenvalue weighted by Gasteiger charge is -2.32. The maximum absolute atomic E-state index is 11.4. The third-order valence-electron chi connectivity index (χ3n) is 3.65. The van der Waals surface area contributed by atoms with Crippen LogP contribution in [-0.4, -0.2) is 22.6 Å². The van der Waals surface area contributed by atoms with Crippen molar-refractivity contribution < 1.29 is 9.90 Å². The van der Waals surface area contributed by atoms with Crippen molar-refractivity contribution in [2.24, 2.45) is 0 Å². The molecule has 1 aromatic heterocycles. The fourth-order valence-electron chi connectivity index (χ4n) is 2.72. The van der Waals surface area contributed by atoms with E-state index in [0.717, 1.165) is 36.5 Å². The third-order valence-corrected chi connectivity index (χ3v) is 3.65. The molecular formula is C16H16N2O2. The first-order chi connectivity index (χ1) is 9.66. The van der Waals surface area contributed by atoms with Gasteiger partial charge in [-0.25, -0.2) is 4.79 Å². The van der Waals surface area contributed by atoms with E-state index in [2.05, 4.69) is 22.0 Å². The van der Waals surface area contributed by atoms with Crippen molar-refractivity contribution in [3.8, 4) is 0 Å². The van der Waals surface area contributed by atoms with Gasteiger partial charge in [0.15, 0.2) is 0 Å². The maximum atomic E-state index is 11.4. The van der Waals surface area contributed by atoms with Gasteiger partial charge in [-0.05, 0) is 37.5 Å². The van der Waals surface area contributed by atoms with Crippen LogP contribution in [0.5, 0.6) is 0 Å². The van der Waals surface area contributed by atoms with Crippen LogP contribution in [0.3, 0.4) is 0 Å². The number of hydrogen-bond donors (Lipinski definition) is 1. The molecule has 2 heterocycles. The van der Waals surface area contributed by atoms with E-state index in [1.165, 1.54) is 11.8 Å². The minimum absolute atomic E-state index is 0.257. The third kappa shape index (κ3) is 2.13. The Balaban J connectivity index is 2.15. The van der Waals surface area contributed by atoms with Crippen LogP contribution >= 0.6 is 0 Å². The first-order valence-corrected chi connectivity index (χ1v) is 6.72. The van der Waals surface area contributed by atoms with E-state index < -0.39 is 5.97 Å². The zero-order valence-electron chi connectivity index (χ0n) is 11.3. The van der Waals surface area contributed by atoms with Crippen LogP contribution in [-0.2, 0) is 6.42 Å². The van der Waals surface area contributed by atoms with E-state index in [0.29, 0.717) is 0 Å². The van der Waals surface area contributed by atoms with Gasteiger partial charge in [-0.3, -0.25) is 4.98 Å². The second-order valence-corrected chi connectivity index (χ2v) is 5.03. The molecule has 0 aliphatic carbocycles. The number of anilines is 2. The molecule has 1 aliphatic heterocycles. The summed E-state index contributed by atoms with van der Waals surface area (Å²) in [7, 11) is 0. The average Bonchev–Trinajstić information content (AvgIpc) is 2.46. The summed E-state index contributed by atoms with van der Waals surface area (Å²) in [4.78, 5) is 17.6. The molecule has 0 spiro atoms. The molecule has 0 amide bonds. The Morgan fingerprint density at radius 3 is 2.90 bits per heavy atom. The number of para-hydroxylation sites is 1. The van der Waals surface area contributed by atoms with Crippen LogP contribution in [0.1, 0.15) is 28.0 Å². The molecule has 0 fully saturated rings. The Kier molecular flexibility index (Phi) is 3.14. The molecule has 0 saturated heterocycles. The highest BCUT2D eigenvalue weighted by atomic mass is 16.4. The van der Waals surface area contributed by atoms with E-state index in [9.17, 15) is 9.90 Å². The Labute approximate surface area is 117 Å². The van der Waals surface area contributed by atoms with Gasteiger partial charge in [-0.15, -0.1) is 0 Å². The van der Waals surface area contributed by atoms with E-state index in [4.69, 9.17) is 0 Å². The second-order valence-electron chi connectivity index (χ2n) is 5.03. The first kappa shape index (κ1) is 12.7. The van der Waals surface area contributed by atoms with Crippen molar-refractivity contribution in [1.29, 1.82) is 0 Å². The Hall–Kier alpha value is -2.36. The van der Waals surface area contributed by atoms with Gasteiger partial charge < -0.3 is 10.0 Å². The van der Waals surface area contributed by atoms with E-state index in [1.807, 2.05) is 25.1 Å². The lowest BCUT2D eigenvalue weighted by molar-refractivity contribution is 0.0697. The zero-order valence-corrected chi connectivity index (χ0v) is 11.3. The maximum Gasteiger partial charge on any atom is 0.339 e. The molecular weight excluding hydrogens is 252 g/mol. The lowest BCUT2D eigenvalue weighted by Crippen LogP contribution is -2.26. The average molecular weight is 268 g/mol. The highest BCUT2D eigenvalue weighted by Crippen LogP contribution is 2.35. The molecule has 1 aromatic carbocycles. The fraction of sp³-hybridized carbons (Fsp3) is 0.250. The number of benzene rings is 1. The molecule has 0 radical (unpaired) electrons. The summed E-state index contributed by atoms with van der Waals surface area (Å²) in [5.41, 5.74) is 4.19. The highest BCUT2D eigenvalue weighted by molar-refractivity contribution is 5.95. The lowest BCUT2D eigenvalue weighted by atomic mass is 10.0. The van der Waals surface area contributed by atoms with E-state index in [1.54, 1.807) is 0 Å².